The number of aromatic amines is 1. The Hall–Kier alpha value is -3.96. The fourth-order valence-electron chi connectivity index (χ4n) is 8.06. The molecule has 0 radical (unpaired) electrons. The van der Waals surface area contributed by atoms with Crippen LogP contribution in [0.1, 0.15) is 24.5 Å². The normalized spacial score (nSPS) is 22.4. The van der Waals surface area contributed by atoms with Crippen molar-refractivity contribution in [2.24, 2.45) is 5.92 Å². The van der Waals surface area contributed by atoms with Gasteiger partial charge in [0.15, 0.2) is 5.60 Å². The number of H-pyrrole nitrogens is 1. The van der Waals surface area contributed by atoms with Gasteiger partial charge in [-0.05, 0) is 72.1 Å². The van der Waals surface area contributed by atoms with Crippen molar-refractivity contribution in [1.29, 1.82) is 0 Å². The average molecular weight is 713 g/mol. The van der Waals surface area contributed by atoms with Crippen LogP contribution in [-0.2, 0) is 21.7 Å². The molecule has 8 nitrogen and oxygen atoms in total. The van der Waals surface area contributed by atoms with E-state index in [0.717, 1.165) is 32.6 Å². The van der Waals surface area contributed by atoms with Gasteiger partial charge in [0.1, 0.15) is 5.75 Å². The van der Waals surface area contributed by atoms with Crippen molar-refractivity contribution in [3.8, 4) is 11.4 Å². The van der Waals surface area contributed by atoms with Crippen LogP contribution in [0, 0.1) is 5.92 Å². The van der Waals surface area contributed by atoms with Crippen molar-refractivity contribution in [3.05, 3.63) is 117 Å². The first-order chi connectivity index (χ1) is 22.6. The molecule has 47 heavy (non-hydrogen) atoms. The highest BCUT2D eigenvalue weighted by Crippen LogP contribution is 2.60. The first-order valence-corrected chi connectivity index (χ1v) is 19.8. The number of carbonyl (C=O) groups excluding carboxylic acids is 1. The number of hydrogen-bond acceptors (Lipinski definition) is 5. The number of aromatic nitrogens is 2. The molecule has 1 aromatic heterocycles. The summed E-state index contributed by atoms with van der Waals surface area (Å²) in [5.41, 5.74) is 2.73. The number of para-hydroxylation sites is 1. The van der Waals surface area contributed by atoms with Gasteiger partial charge in [-0.2, -0.15) is 0 Å². The van der Waals surface area contributed by atoms with E-state index in [1.807, 2.05) is 83.8 Å². The zero-order valence-corrected chi connectivity index (χ0v) is 29.5. The van der Waals surface area contributed by atoms with Crippen molar-refractivity contribution in [1.82, 2.24) is 9.78 Å². The number of rotatable bonds is 8. The van der Waals surface area contributed by atoms with E-state index >= 15 is 0 Å². The van der Waals surface area contributed by atoms with Gasteiger partial charge < -0.3 is 19.5 Å². The topological polar surface area (TPSA) is 96.8 Å². The first kappa shape index (κ1) is 31.6. The minimum atomic E-state index is -2.27. The smallest absolute Gasteiger partial charge is 0.279 e. The highest BCUT2D eigenvalue weighted by atomic mass is 79.9. The number of hydrogen-bond donors (Lipinski definition) is 2. The molecule has 4 atom stereocenters. The third-order valence-corrected chi connectivity index (χ3v) is 15.2. The van der Waals surface area contributed by atoms with Crippen LogP contribution in [0.5, 0.6) is 5.75 Å². The number of ether oxygens (including phenoxy) is 2. The summed E-state index contributed by atoms with van der Waals surface area (Å²) < 4.78 is 14.9. The van der Waals surface area contributed by atoms with Crippen LogP contribution in [-0.4, -0.2) is 48.7 Å². The molecule has 0 saturated carbocycles. The van der Waals surface area contributed by atoms with E-state index in [2.05, 4.69) is 53.2 Å². The molecule has 0 aliphatic carbocycles. The van der Waals surface area contributed by atoms with Gasteiger partial charge in [0.05, 0.1) is 50.1 Å². The van der Waals surface area contributed by atoms with Gasteiger partial charge in [0.25, 0.3) is 11.5 Å². The highest BCUT2D eigenvalue weighted by Gasteiger charge is 2.66. The Bertz CT molecular complexity index is 2040. The number of halogens is 1. The summed E-state index contributed by atoms with van der Waals surface area (Å²) in [6.07, 6.45) is 0.146. The van der Waals surface area contributed by atoms with Crippen molar-refractivity contribution in [2.45, 2.75) is 50.2 Å². The third kappa shape index (κ3) is 5.00. The molecule has 1 spiro atoms. The van der Waals surface area contributed by atoms with Crippen LogP contribution in [0.15, 0.2) is 100 Å². The summed E-state index contributed by atoms with van der Waals surface area (Å²) in [6, 6.07) is 29.4. The largest absolute Gasteiger partial charge is 0.497 e. The lowest BCUT2D eigenvalue weighted by Crippen LogP contribution is -2.51. The monoisotopic (exact) mass is 711 g/mol. The summed E-state index contributed by atoms with van der Waals surface area (Å²) in [7, 11) is -0.611. The molecule has 242 valence electrons. The number of nitrogens with zero attached hydrogens (tertiary/aromatic N) is 2. The number of aliphatic hydroxyl groups is 1. The van der Waals surface area contributed by atoms with Crippen LogP contribution in [0.3, 0.4) is 0 Å². The minimum Gasteiger partial charge on any atom is -0.497 e. The number of carbonyl (C=O) groups is 1. The lowest BCUT2D eigenvalue weighted by atomic mass is 9.82. The summed E-state index contributed by atoms with van der Waals surface area (Å²) in [5, 5.41) is 15.3. The Kier molecular flexibility index (Phi) is 8.03. The molecular weight excluding hydrogens is 674 g/mol. The van der Waals surface area contributed by atoms with Crippen molar-refractivity contribution in [3.63, 3.8) is 0 Å². The second kappa shape index (κ2) is 11.9. The SMILES string of the molecule is COc1ccc([Si](C)(C)[C@@H]2[C@@H](CCO)O[C@]3(C(=O)N(Cc4cccc(-n5[nH]c6ccccc6c5=O)c4)c4ccc(Br)cc43)[C@H]2C)cc1. The fourth-order valence-corrected chi connectivity index (χ4v) is 12.5. The zero-order chi connectivity index (χ0) is 33.1. The number of amides is 1. The summed E-state index contributed by atoms with van der Waals surface area (Å²) in [5.74, 6) is 0.539. The molecule has 1 fully saturated rings. The molecule has 2 aliphatic rings. The molecule has 1 saturated heterocycles. The molecule has 0 unspecified atom stereocenters. The van der Waals surface area contributed by atoms with Gasteiger partial charge >= 0.3 is 0 Å². The molecule has 1 amide bonds. The highest BCUT2D eigenvalue weighted by molar-refractivity contribution is 9.10. The molecule has 10 heteroatoms. The second-order valence-corrected chi connectivity index (χ2v) is 18.8. The number of nitrogens with one attached hydrogen (secondary N) is 1. The Morgan fingerprint density at radius 2 is 1.77 bits per heavy atom. The van der Waals surface area contributed by atoms with E-state index in [-0.39, 0.29) is 35.6 Å². The number of anilines is 1. The van der Waals surface area contributed by atoms with E-state index in [1.54, 1.807) is 11.8 Å². The Labute approximate surface area is 283 Å². The molecule has 3 heterocycles. The fraction of sp³-hybridized carbons (Fsp3) is 0.297. The maximum atomic E-state index is 14.9. The van der Waals surface area contributed by atoms with Crippen molar-refractivity contribution in [2.75, 3.05) is 18.6 Å². The molecule has 7 rings (SSSR count). The molecule has 2 N–H and O–H groups in total. The zero-order valence-electron chi connectivity index (χ0n) is 26.9. The second-order valence-electron chi connectivity index (χ2n) is 13.2. The van der Waals surface area contributed by atoms with Gasteiger partial charge in [-0.3, -0.25) is 14.7 Å². The summed E-state index contributed by atoms with van der Waals surface area (Å²) in [4.78, 5) is 30.0. The minimum absolute atomic E-state index is 0.0276. The Balaban J connectivity index is 1.28. The number of methoxy groups -OCH3 is 1. The standard InChI is InChI=1S/C37H38BrN3O5Si/c1-23-34(47(3,4)28-15-13-27(45-2)14-16-28)33(18-19-42)46-37(23)30-21-25(38)12-17-32(30)40(36(37)44)22-24-8-7-9-26(20-24)41-35(43)29-10-5-6-11-31(29)39-41/h5-17,20-21,23,33-34,39,42H,18-19,22H2,1-4H3/t23-,33+,34-,37+/m0/s1. The Morgan fingerprint density at radius 1 is 1.00 bits per heavy atom. The van der Waals surface area contributed by atoms with Crippen LogP contribution in [0.25, 0.3) is 16.6 Å². The lowest BCUT2D eigenvalue weighted by molar-refractivity contribution is -0.146. The number of fused-ring (bicyclic) bond motifs is 3. The maximum Gasteiger partial charge on any atom is 0.279 e. The van der Waals surface area contributed by atoms with Crippen LogP contribution < -0.4 is 20.4 Å². The molecule has 0 bridgehead atoms. The molecule has 2 aliphatic heterocycles. The summed E-state index contributed by atoms with van der Waals surface area (Å²) >= 11 is 3.66. The van der Waals surface area contributed by atoms with Crippen molar-refractivity contribution < 1.29 is 19.4 Å². The van der Waals surface area contributed by atoms with Gasteiger partial charge in [0.2, 0.25) is 0 Å². The van der Waals surface area contributed by atoms with Crippen molar-refractivity contribution >= 4 is 51.7 Å². The summed E-state index contributed by atoms with van der Waals surface area (Å²) in [6.45, 7) is 7.09. The predicted molar refractivity (Wildman–Crippen MR) is 191 cm³/mol. The van der Waals surface area contributed by atoms with E-state index in [4.69, 9.17) is 9.47 Å². The van der Waals surface area contributed by atoms with E-state index in [0.29, 0.717) is 24.0 Å². The van der Waals surface area contributed by atoms with E-state index in [1.165, 1.54) is 5.19 Å². The van der Waals surface area contributed by atoms with E-state index in [9.17, 15) is 14.7 Å². The van der Waals surface area contributed by atoms with E-state index < -0.39 is 13.7 Å². The van der Waals surface area contributed by atoms with Crippen LogP contribution in [0.2, 0.25) is 18.6 Å². The molecule has 4 aromatic carbocycles. The van der Waals surface area contributed by atoms with Gasteiger partial charge in [-0.15, -0.1) is 0 Å². The maximum absolute atomic E-state index is 14.9. The van der Waals surface area contributed by atoms with Crippen LogP contribution in [0.4, 0.5) is 5.69 Å². The quantitative estimate of drug-likeness (QED) is 0.186. The van der Waals surface area contributed by atoms with Gasteiger partial charge in [-0.1, -0.05) is 77.5 Å². The molecule has 5 aromatic rings. The average Bonchev–Trinajstić information content (AvgIpc) is 3.65. The number of aliphatic hydroxyl groups excluding tert-OH is 1. The van der Waals surface area contributed by atoms with Crippen LogP contribution >= 0.6 is 15.9 Å². The Morgan fingerprint density at radius 3 is 2.49 bits per heavy atom. The third-order valence-electron chi connectivity index (χ3n) is 10.3. The molecular formula is C37H38BrN3O5Si. The van der Waals surface area contributed by atoms with Gasteiger partial charge in [0, 0.05) is 22.6 Å². The van der Waals surface area contributed by atoms with Gasteiger partial charge in [-0.25, -0.2) is 4.68 Å². The number of benzene rings is 4. The first-order valence-electron chi connectivity index (χ1n) is 15.9. The predicted octanol–water partition coefficient (Wildman–Crippen LogP) is 6.24. The lowest BCUT2D eigenvalue weighted by Gasteiger charge is -2.37.